The molecule has 1 saturated carbocycles. The zero-order chi connectivity index (χ0) is 24.5. The van der Waals surface area contributed by atoms with Crippen molar-refractivity contribution in [2.24, 2.45) is 5.92 Å². The van der Waals surface area contributed by atoms with Crippen molar-refractivity contribution in [3.05, 3.63) is 88.6 Å². The predicted octanol–water partition coefficient (Wildman–Crippen LogP) is 6.81. The Bertz CT molecular complexity index is 1250. The molecule has 0 amide bonds. The fourth-order valence-electron chi connectivity index (χ4n) is 6.59. The fraction of sp³-hybridized carbons (Fsp3) is 0.419. The third kappa shape index (κ3) is 4.58. The Balaban J connectivity index is 1.51. The molecule has 0 radical (unpaired) electrons. The van der Waals surface area contributed by atoms with Gasteiger partial charge in [-0.15, -0.1) is 0 Å². The summed E-state index contributed by atoms with van der Waals surface area (Å²) in [5.74, 6) is 1.54. The smallest absolute Gasteiger partial charge is 0.237 e. The summed E-state index contributed by atoms with van der Waals surface area (Å²) in [7, 11) is 0. The molecule has 0 spiro atoms. The molecule has 3 aromatic rings. The molecule has 5 rings (SSSR count). The molecule has 0 bridgehead atoms. The monoisotopic (exact) mass is 466 g/mol. The number of hydrogen-bond donors (Lipinski definition) is 1. The van der Waals surface area contributed by atoms with Crippen molar-refractivity contribution in [2.45, 2.75) is 76.2 Å². The topological polar surface area (TPSA) is 66.1 Å². The number of nitrogens with zero attached hydrogens (tertiary/aromatic N) is 2. The highest BCUT2D eigenvalue weighted by Gasteiger charge is 2.51. The van der Waals surface area contributed by atoms with E-state index in [0.29, 0.717) is 17.4 Å². The maximum Gasteiger partial charge on any atom is 0.237 e. The lowest BCUT2D eigenvalue weighted by molar-refractivity contribution is -0.0565. The highest BCUT2D eigenvalue weighted by atomic mass is 16.5. The third-order valence-electron chi connectivity index (χ3n) is 8.23. The van der Waals surface area contributed by atoms with Crippen molar-refractivity contribution in [3.63, 3.8) is 0 Å². The van der Waals surface area contributed by atoms with Gasteiger partial charge in [0.1, 0.15) is 17.4 Å². The number of aliphatic hydroxyl groups is 1. The molecule has 2 aliphatic rings. The van der Waals surface area contributed by atoms with Crippen LogP contribution in [0.4, 0.5) is 0 Å². The van der Waals surface area contributed by atoms with E-state index in [4.69, 9.17) is 4.74 Å². The molecule has 2 aromatic carbocycles. The fourth-order valence-corrected chi connectivity index (χ4v) is 6.59. The van der Waals surface area contributed by atoms with Crippen LogP contribution in [0.3, 0.4) is 0 Å². The lowest BCUT2D eigenvalue weighted by Gasteiger charge is -2.53. The molecule has 0 unspecified atom stereocenters. The average molecular weight is 467 g/mol. The van der Waals surface area contributed by atoms with E-state index < -0.39 is 5.60 Å². The first-order valence-corrected chi connectivity index (χ1v) is 12.9. The summed E-state index contributed by atoms with van der Waals surface area (Å²) in [4.78, 5) is 4.45. The molecule has 35 heavy (non-hydrogen) atoms. The Morgan fingerprint density at radius 2 is 1.94 bits per heavy atom. The van der Waals surface area contributed by atoms with E-state index in [1.165, 1.54) is 16.7 Å². The summed E-state index contributed by atoms with van der Waals surface area (Å²) in [6, 6.07) is 23.0. The summed E-state index contributed by atoms with van der Waals surface area (Å²) in [5, 5.41) is 20.8. The van der Waals surface area contributed by atoms with Gasteiger partial charge in [-0.1, -0.05) is 49.7 Å². The van der Waals surface area contributed by atoms with E-state index >= 15 is 0 Å². The molecule has 3 atom stereocenters. The maximum absolute atomic E-state index is 11.4. The second-order valence-electron chi connectivity index (χ2n) is 10.6. The largest absolute Gasteiger partial charge is 0.438 e. The Morgan fingerprint density at radius 3 is 2.71 bits per heavy atom. The van der Waals surface area contributed by atoms with Gasteiger partial charge in [0.15, 0.2) is 0 Å². The number of rotatable bonds is 6. The van der Waals surface area contributed by atoms with Crippen LogP contribution in [0, 0.1) is 24.2 Å². The summed E-state index contributed by atoms with van der Waals surface area (Å²) in [6.07, 6.45) is 7.66. The van der Waals surface area contributed by atoms with Crippen LogP contribution < -0.4 is 4.74 Å². The Hall–Kier alpha value is -3.16. The minimum Gasteiger partial charge on any atom is -0.438 e. The van der Waals surface area contributed by atoms with Crippen LogP contribution in [0.5, 0.6) is 11.6 Å². The van der Waals surface area contributed by atoms with Crippen LogP contribution in [0.1, 0.15) is 73.4 Å². The molecule has 0 saturated heterocycles. The van der Waals surface area contributed by atoms with Crippen molar-refractivity contribution in [1.29, 1.82) is 5.26 Å². The van der Waals surface area contributed by atoms with E-state index in [2.05, 4.69) is 60.4 Å². The van der Waals surface area contributed by atoms with Crippen molar-refractivity contribution in [1.82, 2.24) is 4.98 Å². The van der Waals surface area contributed by atoms with Crippen molar-refractivity contribution in [2.75, 3.05) is 0 Å². The van der Waals surface area contributed by atoms with Crippen LogP contribution in [0.2, 0.25) is 0 Å². The van der Waals surface area contributed by atoms with E-state index in [-0.39, 0.29) is 5.41 Å². The summed E-state index contributed by atoms with van der Waals surface area (Å²) >= 11 is 0. The molecule has 0 aliphatic heterocycles. The molecule has 1 heterocycles. The first kappa shape index (κ1) is 23.6. The Kier molecular flexibility index (Phi) is 6.38. The second-order valence-corrected chi connectivity index (χ2v) is 10.6. The van der Waals surface area contributed by atoms with Crippen molar-refractivity contribution >= 4 is 0 Å². The van der Waals surface area contributed by atoms with E-state index in [1.807, 2.05) is 19.1 Å². The quantitative estimate of drug-likeness (QED) is 0.433. The minimum absolute atomic E-state index is 0.0207. The van der Waals surface area contributed by atoms with Crippen LogP contribution in [0.25, 0.3) is 0 Å². The van der Waals surface area contributed by atoms with Crippen LogP contribution in [-0.2, 0) is 18.3 Å². The number of aryl methyl sites for hydroxylation is 2. The molecule has 1 N–H and O–H groups in total. The highest BCUT2D eigenvalue weighted by Crippen LogP contribution is 2.55. The third-order valence-corrected chi connectivity index (χ3v) is 8.23. The number of benzene rings is 2. The number of nitriles is 1. The molecule has 4 heteroatoms. The number of pyridine rings is 1. The standard InChI is InChI=1S/C31H34N2O2/c1-3-15-30(34)16-17-31(19-23-7-5-4-6-8-23)26(20-30)12-11-24-18-27(13-14-28(24)31)35-29-25(21-32)10-9-22(2)33-29/h4-10,13-14,18,26,34H,3,11-12,15-17,19-20H2,1-2H3/t26-,30-,31+/m1/s1. The molecule has 180 valence electrons. The maximum atomic E-state index is 11.4. The second kappa shape index (κ2) is 9.47. The van der Waals surface area contributed by atoms with Gasteiger partial charge >= 0.3 is 0 Å². The zero-order valence-electron chi connectivity index (χ0n) is 20.8. The zero-order valence-corrected chi connectivity index (χ0v) is 20.8. The number of hydrogen-bond acceptors (Lipinski definition) is 4. The lowest BCUT2D eigenvalue weighted by Crippen LogP contribution is -2.51. The normalized spacial score (nSPS) is 25.3. The number of aromatic nitrogens is 1. The number of ether oxygens (including phenoxy) is 1. The van der Waals surface area contributed by atoms with Crippen molar-refractivity contribution in [3.8, 4) is 17.7 Å². The molecule has 1 fully saturated rings. The first-order chi connectivity index (χ1) is 16.9. The van der Waals surface area contributed by atoms with E-state index in [1.54, 1.807) is 6.07 Å². The van der Waals surface area contributed by atoms with Crippen LogP contribution in [0.15, 0.2) is 60.7 Å². The molecule has 4 nitrogen and oxygen atoms in total. The van der Waals surface area contributed by atoms with Crippen LogP contribution in [-0.4, -0.2) is 15.7 Å². The van der Waals surface area contributed by atoms with Gasteiger partial charge in [0.25, 0.3) is 0 Å². The molecular formula is C31H34N2O2. The predicted molar refractivity (Wildman–Crippen MR) is 138 cm³/mol. The minimum atomic E-state index is -0.537. The molecular weight excluding hydrogens is 432 g/mol. The SMILES string of the molecule is CCC[C@@]1(O)CC[C@@]2(Cc3ccccc3)c3ccc(Oc4nc(C)ccc4C#N)cc3CC[C@@H]2C1. The lowest BCUT2D eigenvalue weighted by atomic mass is 9.52. The highest BCUT2D eigenvalue weighted by molar-refractivity contribution is 5.47. The number of fused-ring (bicyclic) bond motifs is 3. The van der Waals surface area contributed by atoms with Gasteiger partial charge in [-0.2, -0.15) is 5.26 Å². The first-order valence-electron chi connectivity index (χ1n) is 12.9. The summed E-state index contributed by atoms with van der Waals surface area (Å²) < 4.78 is 6.13. The van der Waals surface area contributed by atoms with E-state index in [0.717, 1.165) is 62.8 Å². The average Bonchev–Trinajstić information content (AvgIpc) is 2.85. The van der Waals surface area contributed by atoms with Crippen molar-refractivity contribution < 1.29 is 9.84 Å². The van der Waals surface area contributed by atoms with Gasteiger partial charge in [0.05, 0.1) is 5.60 Å². The van der Waals surface area contributed by atoms with Gasteiger partial charge in [-0.25, -0.2) is 4.98 Å². The molecule has 2 aliphatic carbocycles. The van der Waals surface area contributed by atoms with Gasteiger partial charge < -0.3 is 9.84 Å². The van der Waals surface area contributed by atoms with Gasteiger partial charge in [0.2, 0.25) is 5.88 Å². The molecule has 1 aromatic heterocycles. The Morgan fingerprint density at radius 1 is 1.11 bits per heavy atom. The van der Waals surface area contributed by atoms with Gasteiger partial charge in [-0.05, 0) is 98.7 Å². The van der Waals surface area contributed by atoms with Crippen LogP contribution >= 0.6 is 0 Å². The van der Waals surface area contributed by atoms with Gasteiger partial charge in [0, 0.05) is 11.1 Å². The summed E-state index contributed by atoms with van der Waals surface area (Å²) in [5.41, 5.74) is 4.83. The summed E-state index contributed by atoms with van der Waals surface area (Å²) in [6.45, 7) is 4.07. The Labute approximate surface area is 208 Å². The van der Waals surface area contributed by atoms with E-state index in [9.17, 15) is 10.4 Å². The van der Waals surface area contributed by atoms with Gasteiger partial charge in [-0.3, -0.25) is 0 Å².